The van der Waals surface area contributed by atoms with Crippen molar-refractivity contribution in [2.75, 3.05) is 11.1 Å². The van der Waals surface area contributed by atoms with E-state index in [1.54, 1.807) is 6.20 Å². The first kappa shape index (κ1) is 12.8. The number of benzene rings is 2. The molecular formula is C16H14ClN3. The molecule has 1 aromatic heterocycles. The molecule has 20 heavy (non-hydrogen) atoms. The molecule has 4 heteroatoms. The van der Waals surface area contributed by atoms with Gasteiger partial charge in [0.15, 0.2) is 0 Å². The van der Waals surface area contributed by atoms with Gasteiger partial charge >= 0.3 is 0 Å². The van der Waals surface area contributed by atoms with Crippen molar-refractivity contribution in [2.45, 2.75) is 6.54 Å². The van der Waals surface area contributed by atoms with E-state index in [4.69, 9.17) is 17.3 Å². The average molecular weight is 284 g/mol. The van der Waals surface area contributed by atoms with Gasteiger partial charge in [-0.2, -0.15) is 0 Å². The molecule has 0 radical (unpaired) electrons. The van der Waals surface area contributed by atoms with Gasteiger partial charge in [-0.15, -0.1) is 0 Å². The Morgan fingerprint density at radius 3 is 2.75 bits per heavy atom. The molecule has 1 heterocycles. The highest BCUT2D eigenvalue weighted by Gasteiger charge is 2.05. The minimum absolute atomic E-state index is 0.648. The van der Waals surface area contributed by atoms with Crippen LogP contribution in [0.1, 0.15) is 5.56 Å². The molecular weight excluding hydrogens is 270 g/mol. The summed E-state index contributed by atoms with van der Waals surface area (Å²) in [5.41, 5.74) is 9.58. The van der Waals surface area contributed by atoms with Crippen LogP contribution in [0.2, 0.25) is 5.02 Å². The molecule has 0 aliphatic carbocycles. The summed E-state index contributed by atoms with van der Waals surface area (Å²) in [6.45, 7) is 0.648. The number of halogens is 1. The fourth-order valence-corrected chi connectivity index (χ4v) is 2.37. The summed E-state index contributed by atoms with van der Waals surface area (Å²) in [7, 11) is 0. The van der Waals surface area contributed by atoms with Gasteiger partial charge in [0.1, 0.15) is 0 Å². The third-order valence-electron chi connectivity index (χ3n) is 3.23. The Balaban J connectivity index is 1.92. The molecule has 0 fully saturated rings. The van der Waals surface area contributed by atoms with Crippen molar-refractivity contribution in [2.24, 2.45) is 0 Å². The summed E-state index contributed by atoms with van der Waals surface area (Å²) >= 11 is 6.16. The minimum atomic E-state index is 0.648. The molecule has 3 rings (SSSR count). The van der Waals surface area contributed by atoms with Crippen LogP contribution >= 0.6 is 11.6 Å². The van der Waals surface area contributed by atoms with E-state index in [-0.39, 0.29) is 0 Å². The Morgan fingerprint density at radius 2 is 1.90 bits per heavy atom. The SMILES string of the molecule is Nc1ccc(NCc2ccccc2Cl)c2ncccc12. The lowest BCUT2D eigenvalue weighted by molar-refractivity contribution is 1.15. The van der Waals surface area contributed by atoms with E-state index in [1.807, 2.05) is 48.5 Å². The van der Waals surface area contributed by atoms with Crippen LogP contribution in [-0.4, -0.2) is 4.98 Å². The van der Waals surface area contributed by atoms with E-state index in [9.17, 15) is 0 Å². The Bertz CT molecular complexity index is 756. The highest BCUT2D eigenvalue weighted by atomic mass is 35.5. The van der Waals surface area contributed by atoms with Crippen LogP contribution in [0.3, 0.4) is 0 Å². The molecule has 0 aliphatic rings. The molecule has 3 aromatic rings. The number of fused-ring (bicyclic) bond motifs is 1. The fraction of sp³-hybridized carbons (Fsp3) is 0.0625. The second-order valence-electron chi connectivity index (χ2n) is 4.55. The van der Waals surface area contributed by atoms with E-state index in [1.165, 1.54) is 0 Å². The van der Waals surface area contributed by atoms with E-state index in [0.29, 0.717) is 6.54 Å². The monoisotopic (exact) mass is 283 g/mol. The number of nitrogen functional groups attached to an aromatic ring is 1. The van der Waals surface area contributed by atoms with Gasteiger partial charge in [0.05, 0.1) is 11.2 Å². The molecule has 100 valence electrons. The number of aromatic nitrogens is 1. The third kappa shape index (κ3) is 2.40. The largest absolute Gasteiger partial charge is 0.398 e. The van der Waals surface area contributed by atoms with Crippen molar-refractivity contribution < 1.29 is 0 Å². The summed E-state index contributed by atoms with van der Waals surface area (Å²) in [4.78, 5) is 4.40. The van der Waals surface area contributed by atoms with E-state index < -0.39 is 0 Å². The third-order valence-corrected chi connectivity index (χ3v) is 3.60. The second-order valence-corrected chi connectivity index (χ2v) is 4.95. The van der Waals surface area contributed by atoms with Crippen molar-refractivity contribution in [1.82, 2.24) is 4.98 Å². The minimum Gasteiger partial charge on any atom is -0.398 e. The van der Waals surface area contributed by atoms with Crippen LogP contribution in [0.15, 0.2) is 54.7 Å². The molecule has 0 bridgehead atoms. The zero-order valence-electron chi connectivity index (χ0n) is 10.8. The Kier molecular flexibility index (Phi) is 3.44. The lowest BCUT2D eigenvalue weighted by atomic mass is 10.1. The van der Waals surface area contributed by atoms with Crippen LogP contribution in [0.5, 0.6) is 0 Å². The van der Waals surface area contributed by atoms with Gasteiger partial charge in [0.25, 0.3) is 0 Å². The summed E-state index contributed by atoms with van der Waals surface area (Å²) in [5.74, 6) is 0. The van der Waals surface area contributed by atoms with Gasteiger partial charge in [0.2, 0.25) is 0 Å². The standard InChI is InChI=1S/C16H14ClN3/c17-13-6-2-1-4-11(13)10-20-15-8-7-14(18)12-5-3-9-19-16(12)15/h1-9,20H,10,18H2. The Morgan fingerprint density at radius 1 is 1.05 bits per heavy atom. The summed E-state index contributed by atoms with van der Waals surface area (Å²) in [6, 6.07) is 15.5. The number of nitrogens with one attached hydrogen (secondary N) is 1. The van der Waals surface area contributed by atoms with E-state index >= 15 is 0 Å². The van der Waals surface area contributed by atoms with Crippen LogP contribution in [0.25, 0.3) is 10.9 Å². The number of hydrogen-bond acceptors (Lipinski definition) is 3. The predicted octanol–water partition coefficient (Wildman–Crippen LogP) is 4.08. The predicted molar refractivity (Wildman–Crippen MR) is 84.9 cm³/mol. The smallest absolute Gasteiger partial charge is 0.0953 e. The lowest BCUT2D eigenvalue weighted by Crippen LogP contribution is -2.02. The van der Waals surface area contributed by atoms with Crippen molar-refractivity contribution in [3.63, 3.8) is 0 Å². The maximum absolute atomic E-state index is 6.16. The van der Waals surface area contributed by atoms with Crippen LogP contribution < -0.4 is 11.1 Å². The summed E-state index contributed by atoms with van der Waals surface area (Å²) in [6.07, 6.45) is 1.77. The zero-order chi connectivity index (χ0) is 13.9. The maximum atomic E-state index is 6.16. The Labute approximate surface area is 122 Å². The number of anilines is 2. The van der Waals surface area contributed by atoms with Crippen molar-refractivity contribution in [3.05, 3.63) is 65.3 Å². The highest BCUT2D eigenvalue weighted by Crippen LogP contribution is 2.27. The zero-order valence-corrected chi connectivity index (χ0v) is 11.6. The second kappa shape index (κ2) is 5.39. The van der Waals surface area contributed by atoms with Crippen molar-refractivity contribution in [1.29, 1.82) is 0 Å². The average Bonchev–Trinajstić information content (AvgIpc) is 2.48. The molecule has 2 aromatic carbocycles. The molecule has 0 saturated heterocycles. The first-order chi connectivity index (χ1) is 9.75. The molecule has 3 N–H and O–H groups in total. The molecule has 0 atom stereocenters. The van der Waals surface area contributed by atoms with Gasteiger partial charge in [-0.1, -0.05) is 29.8 Å². The molecule has 0 spiro atoms. The molecule has 0 unspecified atom stereocenters. The maximum Gasteiger partial charge on any atom is 0.0953 e. The molecule has 0 amide bonds. The van der Waals surface area contributed by atoms with Gasteiger partial charge in [-0.25, -0.2) is 0 Å². The van der Waals surface area contributed by atoms with E-state index in [0.717, 1.165) is 32.9 Å². The van der Waals surface area contributed by atoms with Gasteiger partial charge < -0.3 is 11.1 Å². The number of pyridine rings is 1. The normalized spacial score (nSPS) is 10.7. The first-order valence-corrected chi connectivity index (χ1v) is 6.74. The fourth-order valence-electron chi connectivity index (χ4n) is 2.17. The first-order valence-electron chi connectivity index (χ1n) is 6.36. The topological polar surface area (TPSA) is 50.9 Å². The molecule has 0 aliphatic heterocycles. The Hall–Kier alpha value is -2.26. The quantitative estimate of drug-likeness (QED) is 0.712. The number of nitrogens with two attached hydrogens (primary N) is 1. The van der Waals surface area contributed by atoms with Crippen LogP contribution in [-0.2, 0) is 6.54 Å². The van der Waals surface area contributed by atoms with Gasteiger partial charge in [-0.05, 0) is 35.9 Å². The number of hydrogen-bond donors (Lipinski definition) is 2. The van der Waals surface area contributed by atoms with Crippen molar-refractivity contribution >= 4 is 33.9 Å². The number of rotatable bonds is 3. The van der Waals surface area contributed by atoms with E-state index in [2.05, 4.69) is 10.3 Å². The van der Waals surface area contributed by atoms with Gasteiger partial charge in [-0.3, -0.25) is 4.98 Å². The molecule has 3 nitrogen and oxygen atoms in total. The summed E-state index contributed by atoms with van der Waals surface area (Å²) in [5, 5.41) is 5.08. The van der Waals surface area contributed by atoms with Gasteiger partial charge in [0, 0.05) is 28.8 Å². The summed E-state index contributed by atoms with van der Waals surface area (Å²) < 4.78 is 0. The number of nitrogens with zero attached hydrogens (tertiary/aromatic N) is 1. The molecule has 0 saturated carbocycles. The highest BCUT2D eigenvalue weighted by molar-refractivity contribution is 6.31. The van der Waals surface area contributed by atoms with Crippen LogP contribution in [0, 0.1) is 0 Å². The lowest BCUT2D eigenvalue weighted by Gasteiger charge is -2.11. The van der Waals surface area contributed by atoms with Crippen LogP contribution in [0.4, 0.5) is 11.4 Å². The van der Waals surface area contributed by atoms with Crippen molar-refractivity contribution in [3.8, 4) is 0 Å².